The van der Waals surface area contributed by atoms with Gasteiger partial charge >= 0.3 is 0 Å². The van der Waals surface area contributed by atoms with Crippen molar-refractivity contribution in [2.45, 2.75) is 26.7 Å². The second-order valence-electron chi connectivity index (χ2n) is 7.27. The normalized spacial score (nSPS) is 16.3. The number of thiazole rings is 1. The Labute approximate surface area is 174 Å². The van der Waals surface area contributed by atoms with E-state index in [-0.39, 0.29) is 17.6 Å². The van der Waals surface area contributed by atoms with Crippen LogP contribution < -0.4 is 5.32 Å². The number of piperidine rings is 1. The Balaban J connectivity index is 1.45. The smallest absolute Gasteiger partial charge is 0.229 e. The van der Waals surface area contributed by atoms with Crippen LogP contribution in [0.15, 0.2) is 29.6 Å². The maximum atomic E-state index is 12.6. The molecule has 3 heterocycles. The second-order valence-corrected chi connectivity index (χ2v) is 10.4. The van der Waals surface area contributed by atoms with Crippen LogP contribution in [0.25, 0.3) is 22.2 Å². The number of aryl methyl sites for hydroxylation is 1. The lowest BCUT2D eigenvalue weighted by molar-refractivity contribution is -0.120. The SMILES string of the molecule is CCS(=O)(=O)N1CCC(C(=O)Nc2nc(-c3c(C)[nH]c4ccccc34)cs2)CC1. The van der Waals surface area contributed by atoms with Crippen LogP contribution in [0.2, 0.25) is 0 Å². The van der Waals surface area contributed by atoms with Crippen molar-refractivity contribution in [3.63, 3.8) is 0 Å². The zero-order valence-electron chi connectivity index (χ0n) is 16.4. The van der Waals surface area contributed by atoms with Crippen LogP contribution >= 0.6 is 11.3 Å². The number of sulfonamides is 1. The lowest BCUT2D eigenvalue weighted by atomic mass is 9.97. The summed E-state index contributed by atoms with van der Waals surface area (Å²) in [7, 11) is -3.18. The Morgan fingerprint density at radius 3 is 2.76 bits per heavy atom. The fourth-order valence-corrected chi connectivity index (χ4v) is 5.68. The number of anilines is 1. The van der Waals surface area contributed by atoms with Crippen LogP contribution in [-0.2, 0) is 14.8 Å². The average molecular weight is 433 g/mol. The topological polar surface area (TPSA) is 95.2 Å². The first kappa shape index (κ1) is 20.1. The summed E-state index contributed by atoms with van der Waals surface area (Å²) in [6.07, 6.45) is 1.07. The molecule has 2 N–H and O–H groups in total. The van der Waals surface area contributed by atoms with Crippen LogP contribution in [0.5, 0.6) is 0 Å². The molecule has 1 aromatic carbocycles. The first-order chi connectivity index (χ1) is 13.9. The number of H-pyrrole nitrogens is 1. The van der Waals surface area contributed by atoms with Crippen LogP contribution in [-0.4, -0.2) is 47.4 Å². The molecule has 0 unspecified atom stereocenters. The molecule has 1 aliphatic rings. The summed E-state index contributed by atoms with van der Waals surface area (Å²) in [4.78, 5) is 20.6. The number of aromatic amines is 1. The number of aromatic nitrogens is 2. The van der Waals surface area contributed by atoms with Crippen LogP contribution in [0.1, 0.15) is 25.5 Å². The van der Waals surface area contributed by atoms with Crippen molar-refractivity contribution in [1.82, 2.24) is 14.3 Å². The van der Waals surface area contributed by atoms with Gasteiger partial charge in [-0.3, -0.25) is 4.79 Å². The average Bonchev–Trinajstić information content (AvgIpc) is 3.30. The van der Waals surface area contributed by atoms with Gasteiger partial charge in [0.25, 0.3) is 0 Å². The molecular weight excluding hydrogens is 408 g/mol. The third kappa shape index (κ3) is 3.94. The molecule has 9 heteroatoms. The summed E-state index contributed by atoms with van der Waals surface area (Å²) in [5, 5.41) is 6.55. The molecule has 2 aromatic heterocycles. The predicted octanol–water partition coefficient (Wildman–Crippen LogP) is 3.60. The van der Waals surface area contributed by atoms with Gasteiger partial charge in [0.05, 0.1) is 11.4 Å². The highest BCUT2D eigenvalue weighted by Gasteiger charge is 2.30. The van der Waals surface area contributed by atoms with E-state index in [4.69, 9.17) is 0 Å². The fourth-order valence-electron chi connectivity index (χ4n) is 3.84. The summed E-state index contributed by atoms with van der Waals surface area (Å²) < 4.78 is 25.4. The summed E-state index contributed by atoms with van der Waals surface area (Å²) in [6, 6.07) is 8.08. The molecule has 4 rings (SSSR count). The number of amides is 1. The largest absolute Gasteiger partial charge is 0.358 e. The van der Waals surface area contributed by atoms with Crippen molar-refractivity contribution in [1.29, 1.82) is 0 Å². The van der Waals surface area contributed by atoms with Gasteiger partial charge in [-0.1, -0.05) is 18.2 Å². The van der Waals surface area contributed by atoms with Gasteiger partial charge in [0, 0.05) is 46.5 Å². The summed E-state index contributed by atoms with van der Waals surface area (Å²) in [5.41, 5.74) is 3.99. The minimum Gasteiger partial charge on any atom is -0.358 e. The molecule has 154 valence electrons. The molecule has 3 aromatic rings. The van der Waals surface area contributed by atoms with Gasteiger partial charge in [-0.05, 0) is 32.8 Å². The van der Waals surface area contributed by atoms with Gasteiger partial charge in [-0.15, -0.1) is 11.3 Å². The Hall–Kier alpha value is -2.23. The number of hydrogen-bond acceptors (Lipinski definition) is 5. The van der Waals surface area contributed by atoms with Crippen LogP contribution in [0.3, 0.4) is 0 Å². The number of carbonyl (C=O) groups is 1. The number of benzene rings is 1. The Morgan fingerprint density at radius 1 is 1.31 bits per heavy atom. The van der Waals surface area contributed by atoms with Gasteiger partial charge in [-0.2, -0.15) is 0 Å². The van der Waals surface area contributed by atoms with Crippen molar-refractivity contribution >= 4 is 43.3 Å². The van der Waals surface area contributed by atoms with E-state index in [0.29, 0.717) is 31.1 Å². The molecule has 0 aliphatic carbocycles. The molecular formula is C20H24N4O3S2. The van der Waals surface area contributed by atoms with Gasteiger partial charge < -0.3 is 10.3 Å². The summed E-state index contributed by atoms with van der Waals surface area (Å²) in [6.45, 7) is 4.45. The number of fused-ring (bicyclic) bond motifs is 1. The molecule has 0 radical (unpaired) electrons. The van der Waals surface area contributed by atoms with Gasteiger partial charge in [0.2, 0.25) is 15.9 Å². The quantitative estimate of drug-likeness (QED) is 0.644. The molecule has 1 fully saturated rings. The molecule has 1 aliphatic heterocycles. The number of carbonyl (C=O) groups excluding carboxylic acids is 1. The third-order valence-electron chi connectivity index (χ3n) is 5.47. The first-order valence-electron chi connectivity index (χ1n) is 9.71. The standard InChI is InChI=1S/C20H24N4O3S2/c1-3-29(26,27)24-10-8-14(9-11-24)19(25)23-20-22-17(12-28-20)18-13(2)21-16-7-5-4-6-15(16)18/h4-7,12,14,21H,3,8-11H2,1-2H3,(H,22,23,25). The van der Waals surface area contributed by atoms with Crippen molar-refractivity contribution in [3.8, 4) is 11.3 Å². The van der Waals surface area contributed by atoms with Crippen LogP contribution in [0.4, 0.5) is 5.13 Å². The van der Waals surface area contributed by atoms with E-state index in [1.165, 1.54) is 15.6 Å². The molecule has 0 saturated carbocycles. The molecule has 0 bridgehead atoms. The summed E-state index contributed by atoms with van der Waals surface area (Å²) in [5.74, 6) is -0.186. The summed E-state index contributed by atoms with van der Waals surface area (Å²) >= 11 is 1.40. The lowest BCUT2D eigenvalue weighted by Gasteiger charge is -2.30. The molecule has 1 saturated heterocycles. The highest BCUT2D eigenvalue weighted by Crippen LogP contribution is 2.34. The Morgan fingerprint density at radius 2 is 2.03 bits per heavy atom. The molecule has 29 heavy (non-hydrogen) atoms. The molecule has 1 amide bonds. The van der Waals surface area contributed by atoms with E-state index in [2.05, 4.69) is 21.4 Å². The molecule has 0 atom stereocenters. The van der Waals surface area contributed by atoms with Gasteiger partial charge in [0.1, 0.15) is 0 Å². The predicted molar refractivity (Wildman–Crippen MR) is 117 cm³/mol. The van der Waals surface area contributed by atoms with E-state index >= 15 is 0 Å². The number of rotatable bonds is 5. The zero-order valence-corrected chi connectivity index (χ0v) is 18.1. The lowest BCUT2D eigenvalue weighted by Crippen LogP contribution is -2.42. The number of nitrogens with one attached hydrogen (secondary N) is 2. The van der Waals surface area contributed by atoms with E-state index in [0.717, 1.165) is 27.9 Å². The van der Waals surface area contributed by atoms with Gasteiger partial charge in [-0.25, -0.2) is 17.7 Å². The van der Waals surface area contributed by atoms with E-state index in [1.54, 1.807) is 6.92 Å². The number of nitrogens with zero attached hydrogens (tertiary/aromatic N) is 2. The number of hydrogen-bond donors (Lipinski definition) is 2. The maximum Gasteiger partial charge on any atom is 0.229 e. The van der Waals surface area contributed by atoms with Crippen LogP contribution in [0, 0.1) is 12.8 Å². The zero-order chi connectivity index (χ0) is 20.6. The Bertz CT molecular complexity index is 1140. The fraction of sp³-hybridized carbons (Fsp3) is 0.400. The van der Waals surface area contributed by atoms with Crippen molar-refractivity contribution in [3.05, 3.63) is 35.3 Å². The maximum absolute atomic E-state index is 12.6. The number of para-hydroxylation sites is 1. The molecule has 0 spiro atoms. The Kier molecular flexibility index (Phi) is 5.46. The van der Waals surface area contributed by atoms with Crippen molar-refractivity contribution in [2.75, 3.05) is 24.2 Å². The minimum atomic E-state index is -3.18. The third-order valence-corrected chi connectivity index (χ3v) is 8.11. The van der Waals surface area contributed by atoms with Crippen molar-refractivity contribution < 1.29 is 13.2 Å². The second kappa shape index (κ2) is 7.89. The van der Waals surface area contributed by atoms with E-state index in [9.17, 15) is 13.2 Å². The van der Waals surface area contributed by atoms with Crippen molar-refractivity contribution in [2.24, 2.45) is 5.92 Å². The highest BCUT2D eigenvalue weighted by molar-refractivity contribution is 7.89. The van der Waals surface area contributed by atoms with Gasteiger partial charge in [0.15, 0.2) is 5.13 Å². The minimum absolute atomic E-state index is 0.0879. The van der Waals surface area contributed by atoms with E-state index in [1.807, 2.05) is 30.5 Å². The van der Waals surface area contributed by atoms with E-state index < -0.39 is 10.0 Å². The monoisotopic (exact) mass is 432 g/mol. The first-order valence-corrected chi connectivity index (χ1v) is 12.2. The highest BCUT2D eigenvalue weighted by atomic mass is 32.2. The molecule has 7 nitrogen and oxygen atoms in total.